The quantitative estimate of drug-likeness (QED) is 0.811. The zero-order valence-corrected chi connectivity index (χ0v) is 13.5. The number of hydrogen-bond acceptors (Lipinski definition) is 5. The zero-order chi connectivity index (χ0) is 14.9. The monoisotopic (exact) mass is 300 g/mol. The number of hydrogen-bond donors (Lipinski definition) is 0. The summed E-state index contributed by atoms with van der Waals surface area (Å²) in [6.07, 6.45) is 1.29. The van der Waals surface area contributed by atoms with Crippen molar-refractivity contribution in [1.29, 1.82) is 0 Å². The Balaban J connectivity index is 2.07. The van der Waals surface area contributed by atoms with Gasteiger partial charge in [-0.3, -0.25) is 4.90 Å². The fourth-order valence-electron chi connectivity index (χ4n) is 2.80. The Morgan fingerprint density at radius 1 is 1.35 bits per heavy atom. The third-order valence-electron chi connectivity index (χ3n) is 3.93. The van der Waals surface area contributed by atoms with Gasteiger partial charge >= 0.3 is 0 Å². The van der Waals surface area contributed by atoms with E-state index in [9.17, 15) is 8.42 Å². The first-order chi connectivity index (χ1) is 9.26. The van der Waals surface area contributed by atoms with Crippen molar-refractivity contribution < 1.29 is 12.8 Å². The molecule has 0 N–H and O–H groups in total. The van der Waals surface area contributed by atoms with Crippen LogP contribution in [0.25, 0.3) is 0 Å². The van der Waals surface area contributed by atoms with Gasteiger partial charge in [0.15, 0.2) is 0 Å². The van der Waals surface area contributed by atoms with Crippen LogP contribution in [0.2, 0.25) is 0 Å². The molecule has 1 aliphatic rings. The topological polar surface area (TPSA) is 53.8 Å². The van der Waals surface area contributed by atoms with E-state index < -0.39 is 9.84 Å². The number of aryl methyl sites for hydroxylation is 1. The van der Waals surface area contributed by atoms with Gasteiger partial charge in [-0.05, 0) is 33.2 Å². The Morgan fingerprint density at radius 2 is 2.05 bits per heavy atom. The third-order valence-corrected chi connectivity index (χ3v) is 4.86. The van der Waals surface area contributed by atoms with Gasteiger partial charge in [0.1, 0.15) is 21.4 Å². The summed E-state index contributed by atoms with van der Waals surface area (Å²) in [7, 11) is 1.22. The lowest BCUT2D eigenvalue weighted by atomic mass is 10.0. The summed E-state index contributed by atoms with van der Waals surface area (Å²) < 4.78 is 28.4. The molecule has 1 aliphatic heterocycles. The molecule has 114 valence electrons. The van der Waals surface area contributed by atoms with Gasteiger partial charge in [0.25, 0.3) is 0 Å². The highest BCUT2D eigenvalue weighted by atomic mass is 32.2. The molecule has 1 saturated heterocycles. The molecule has 2 heterocycles. The minimum absolute atomic E-state index is 0.219. The molecule has 0 amide bonds. The van der Waals surface area contributed by atoms with Crippen LogP contribution in [0.3, 0.4) is 0 Å². The van der Waals surface area contributed by atoms with E-state index in [0.29, 0.717) is 18.5 Å². The number of furan rings is 1. The Kier molecular flexibility index (Phi) is 4.56. The normalized spacial score (nSPS) is 24.6. The van der Waals surface area contributed by atoms with Crippen molar-refractivity contribution in [2.45, 2.75) is 18.9 Å². The molecule has 0 spiro atoms. The average molecular weight is 300 g/mol. The molecule has 1 aromatic heterocycles. The van der Waals surface area contributed by atoms with Crippen molar-refractivity contribution in [2.75, 3.05) is 45.7 Å². The van der Waals surface area contributed by atoms with Gasteiger partial charge in [0.05, 0.1) is 5.75 Å². The minimum atomic E-state index is -2.91. The Morgan fingerprint density at radius 3 is 2.55 bits per heavy atom. The second-order valence-electron chi connectivity index (χ2n) is 5.98. The van der Waals surface area contributed by atoms with E-state index in [1.807, 2.05) is 19.1 Å². The van der Waals surface area contributed by atoms with Crippen molar-refractivity contribution in [3.05, 3.63) is 23.7 Å². The highest BCUT2D eigenvalue weighted by Crippen LogP contribution is 2.31. The number of sulfone groups is 1. The van der Waals surface area contributed by atoms with E-state index in [2.05, 4.69) is 23.9 Å². The Bertz CT molecular complexity index is 551. The van der Waals surface area contributed by atoms with Gasteiger partial charge < -0.3 is 9.32 Å². The fourth-order valence-corrected chi connectivity index (χ4v) is 3.39. The summed E-state index contributed by atoms with van der Waals surface area (Å²) in [4.78, 5) is 4.41. The Labute approximate surface area is 121 Å². The lowest BCUT2D eigenvalue weighted by molar-refractivity contribution is 0.259. The smallest absolute Gasteiger partial charge is 0.148 e. The molecule has 1 aromatic rings. The van der Waals surface area contributed by atoms with Crippen molar-refractivity contribution in [2.24, 2.45) is 0 Å². The highest BCUT2D eigenvalue weighted by Gasteiger charge is 2.36. The van der Waals surface area contributed by atoms with E-state index in [1.54, 1.807) is 0 Å². The molecule has 0 unspecified atom stereocenters. The van der Waals surface area contributed by atoms with Crippen LogP contribution in [0.5, 0.6) is 0 Å². The lowest BCUT2D eigenvalue weighted by Gasteiger charge is -2.23. The van der Waals surface area contributed by atoms with Gasteiger partial charge in [0, 0.05) is 37.8 Å². The van der Waals surface area contributed by atoms with E-state index in [-0.39, 0.29) is 5.75 Å². The maximum atomic E-state index is 11.3. The van der Waals surface area contributed by atoms with Crippen LogP contribution in [-0.4, -0.2) is 70.0 Å². The summed E-state index contributed by atoms with van der Waals surface area (Å²) in [5.74, 6) is 2.45. The van der Waals surface area contributed by atoms with Crippen molar-refractivity contribution >= 4 is 9.84 Å². The number of rotatable bonds is 5. The summed E-state index contributed by atoms with van der Waals surface area (Å²) in [6.45, 7) is 4.28. The third kappa shape index (κ3) is 3.84. The lowest BCUT2D eigenvalue weighted by Crippen LogP contribution is -2.35. The van der Waals surface area contributed by atoms with E-state index in [1.165, 1.54) is 6.26 Å². The van der Waals surface area contributed by atoms with Crippen molar-refractivity contribution in [3.63, 3.8) is 0 Å². The molecule has 5 nitrogen and oxygen atoms in total. The molecule has 20 heavy (non-hydrogen) atoms. The largest absolute Gasteiger partial charge is 0.466 e. The van der Waals surface area contributed by atoms with Crippen LogP contribution in [0, 0.1) is 6.92 Å². The molecule has 2 rings (SSSR count). The number of nitrogens with zero attached hydrogens (tertiary/aromatic N) is 2. The van der Waals surface area contributed by atoms with Gasteiger partial charge in [0.2, 0.25) is 0 Å². The molecule has 2 atom stereocenters. The minimum Gasteiger partial charge on any atom is -0.466 e. The van der Waals surface area contributed by atoms with Gasteiger partial charge in [-0.15, -0.1) is 0 Å². The highest BCUT2D eigenvalue weighted by molar-refractivity contribution is 7.90. The molecular formula is C14H24N2O3S. The van der Waals surface area contributed by atoms with E-state index in [4.69, 9.17) is 4.42 Å². The molecule has 0 bridgehead atoms. The van der Waals surface area contributed by atoms with Crippen molar-refractivity contribution in [3.8, 4) is 0 Å². The molecule has 0 saturated carbocycles. The van der Waals surface area contributed by atoms with Crippen LogP contribution in [0.15, 0.2) is 16.5 Å². The maximum absolute atomic E-state index is 11.3. The van der Waals surface area contributed by atoms with Crippen molar-refractivity contribution in [1.82, 2.24) is 9.80 Å². The SMILES string of the molecule is Cc1ccc([C@H]2CN(CCS(C)(=O)=O)C[C@@H]2N(C)C)o1. The van der Waals surface area contributed by atoms with E-state index >= 15 is 0 Å². The van der Waals surface area contributed by atoms with Crippen LogP contribution in [0.1, 0.15) is 17.4 Å². The first-order valence-corrected chi connectivity index (χ1v) is 8.95. The molecule has 6 heteroatoms. The van der Waals surface area contributed by atoms with Crippen LogP contribution in [-0.2, 0) is 9.84 Å². The summed E-state index contributed by atoms with van der Waals surface area (Å²) in [5, 5.41) is 0. The second kappa shape index (κ2) is 5.87. The Hall–Kier alpha value is -0.850. The average Bonchev–Trinajstić information content (AvgIpc) is 2.91. The first-order valence-electron chi connectivity index (χ1n) is 6.89. The molecule has 0 aliphatic carbocycles. The summed E-state index contributed by atoms with van der Waals surface area (Å²) >= 11 is 0. The number of likely N-dealkylation sites (N-methyl/N-ethyl adjacent to an activating group) is 1. The summed E-state index contributed by atoms with van der Waals surface area (Å²) in [5.41, 5.74) is 0. The van der Waals surface area contributed by atoms with E-state index in [0.717, 1.165) is 24.6 Å². The van der Waals surface area contributed by atoms with Crippen LogP contribution in [0.4, 0.5) is 0 Å². The standard InChI is InChI=1S/C14H24N2O3S/c1-11-5-6-14(19-11)12-9-16(7-8-20(4,17)18)10-13(12)15(2)3/h5-6,12-13H,7-10H2,1-4H3/t12-,13-/m0/s1. The zero-order valence-electron chi connectivity index (χ0n) is 12.7. The predicted molar refractivity (Wildman–Crippen MR) is 79.8 cm³/mol. The molecule has 1 fully saturated rings. The fraction of sp³-hybridized carbons (Fsp3) is 0.714. The number of likely N-dealkylation sites (tertiary alicyclic amines) is 1. The van der Waals surface area contributed by atoms with Gasteiger partial charge in [-0.1, -0.05) is 0 Å². The summed E-state index contributed by atoms with van der Waals surface area (Å²) in [6, 6.07) is 4.39. The first kappa shape index (κ1) is 15.5. The van der Waals surface area contributed by atoms with Gasteiger partial charge in [-0.25, -0.2) is 8.42 Å². The van der Waals surface area contributed by atoms with Crippen LogP contribution < -0.4 is 0 Å². The second-order valence-corrected chi connectivity index (χ2v) is 8.24. The predicted octanol–water partition coefficient (Wildman–Crippen LogP) is 0.962. The van der Waals surface area contributed by atoms with Crippen LogP contribution >= 0.6 is 0 Å². The molecular weight excluding hydrogens is 276 g/mol. The molecule has 0 radical (unpaired) electrons. The maximum Gasteiger partial charge on any atom is 0.148 e. The molecule has 0 aromatic carbocycles. The van der Waals surface area contributed by atoms with Gasteiger partial charge in [-0.2, -0.15) is 0 Å².